The van der Waals surface area contributed by atoms with E-state index in [1.54, 1.807) is 5.16 Å². The summed E-state index contributed by atoms with van der Waals surface area (Å²) in [6.07, 6.45) is 0. The van der Waals surface area contributed by atoms with Crippen molar-refractivity contribution in [3.05, 3.63) is 0 Å². The third-order valence-electron chi connectivity index (χ3n) is 0. The number of thiocarbonyl (C=S) groups is 1. The van der Waals surface area contributed by atoms with Crippen LogP contribution in [0.4, 0.5) is 0 Å². The first-order chi connectivity index (χ1) is 2.41. The Kier molecular flexibility index (Phi) is 363. The number of isothiocyanates is 1. The second-order valence-electron chi connectivity index (χ2n) is 0.102. The molecule has 3 heteroatoms. The van der Waals surface area contributed by atoms with Gasteiger partial charge in [-0.15, -0.1) is 0 Å². The lowest BCUT2D eigenvalue weighted by molar-refractivity contribution is 1.58. The zero-order valence-corrected chi connectivity index (χ0v) is 3.25. The Morgan fingerprint density at radius 2 is 1.80 bits per heavy atom. The molecule has 0 saturated heterocycles. The molecule has 0 aliphatic rings. The second-order valence-corrected chi connectivity index (χ2v) is 0.306. The molecule has 0 aliphatic heterocycles. The minimum Gasteiger partial charge on any atom is -0.248 e. The van der Waals surface area contributed by atoms with E-state index < -0.39 is 0 Å². The summed E-state index contributed by atoms with van der Waals surface area (Å²) in [5.74, 6) is 0. The summed E-state index contributed by atoms with van der Waals surface area (Å²) >= 11 is 3.81. The molecule has 0 unspecified atom stereocenters. The number of nitrogens with zero attached hydrogens (tertiary/aromatic N) is 1. The fourth-order valence-corrected chi connectivity index (χ4v) is 0. The predicted molar refractivity (Wildman–Crippen MR) is 22.0 cm³/mol. The third-order valence-corrected chi connectivity index (χ3v) is 0. The summed E-state index contributed by atoms with van der Waals surface area (Å²) in [4.78, 5) is 0. The highest BCUT2D eigenvalue weighted by atomic mass is 32.1. The molecule has 0 radical (unpaired) electrons. The number of nitriles is 1. The van der Waals surface area contributed by atoms with Crippen LogP contribution in [0.3, 0.4) is 0 Å². The second kappa shape index (κ2) is 205. The van der Waals surface area contributed by atoms with Crippen LogP contribution in [0.15, 0.2) is 0 Å². The highest BCUT2D eigenvalue weighted by Gasteiger charge is 0.975. The van der Waals surface area contributed by atoms with E-state index in [1.165, 1.54) is 0 Å². The van der Waals surface area contributed by atoms with Crippen molar-refractivity contribution in [3.63, 3.8) is 0 Å². The first kappa shape index (κ1) is 8.85. The van der Waals surface area contributed by atoms with Gasteiger partial charge in [-0.2, -0.15) is 0 Å². The van der Waals surface area contributed by atoms with Crippen LogP contribution in [0.2, 0.25) is 0 Å². The van der Waals surface area contributed by atoms with Crippen molar-refractivity contribution >= 4 is 17.4 Å². The van der Waals surface area contributed by atoms with Gasteiger partial charge in [0.25, 0.3) is 0 Å². The number of rotatable bonds is 0. The molecule has 0 bridgehead atoms. The van der Waals surface area contributed by atoms with Gasteiger partial charge in [0.1, 0.15) is 0 Å². The number of nitrogens with one attached hydrogen (secondary N) is 1. The molecule has 0 fully saturated rings. The Labute approximate surface area is 35.5 Å². The average molecular weight is 86.1 g/mol. The Bertz CT molecular complexity index is 49.9. The lowest BCUT2D eigenvalue weighted by Crippen LogP contribution is -1.03. The molecule has 0 heterocycles. The molecule has 0 aromatic rings. The van der Waals surface area contributed by atoms with E-state index in [4.69, 9.17) is 10.7 Å². The molecular weight excluding hydrogens is 84.1 g/mol. The summed E-state index contributed by atoms with van der Waals surface area (Å²) in [5.41, 5.74) is 0. The first-order valence-corrected chi connectivity index (χ1v) is 1.12. The van der Waals surface area contributed by atoms with Gasteiger partial charge in [-0.3, -0.25) is 0 Å². The lowest BCUT2D eigenvalue weighted by Gasteiger charge is -1.05. The molecule has 0 rings (SSSR count). The van der Waals surface area contributed by atoms with Crippen LogP contribution < -0.4 is 0 Å². The monoisotopic (exact) mass is 86.0 g/mol. The van der Waals surface area contributed by atoms with Crippen LogP contribution in [-0.2, 0) is 0 Å². The summed E-state index contributed by atoms with van der Waals surface area (Å²) in [6.45, 7) is 3.50. The number of hydrogen-bond acceptors (Lipinski definition) is 3. The molecule has 26 valence electrons. The maximum absolute atomic E-state index is 6.50. The van der Waals surface area contributed by atoms with Gasteiger partial charge in [0.15, 0.2) is 0 Å². The Balaban J connectivity index is 0. The topological polar surface area (TPSA) is 47.6 Å². The van der Waals surface area contributed by atoms with Gasteiger partial charge in [-0.25, -0.2) is 10.7 Å². The summed E-state index contributed by atoms with van der Waals surface area (Å²) in [7, 11) is 0. The smallest absolute Gasteiger partial charge is 0.0554 e. The maximum Gasteiger partial charge on any atom is 0.0554 e. The van der Waals surface area contributed by atoms with Crippen molar-refractivity contribution in [2.75, 3.05) is 0 Å². The fourth-order valence-electron chi connectivity index (χ4n) is 0. The van der Waals surface area contributed by atoms with Gasteiger partial charge >= 0.3 is 0 Å². The predicted octanol–water partition coefficient (Wildman–Crippen LogP) is 0.808. The van der Waals surface area contributed by atoms with E-state index in [-0.39, 0.29) is 0 Å². The van der Waals surface area contributed by atoms with E-state index in [1.807, 2.05) is 0 Å². The van der Waals surface area contributed by atoms with Crippen molar-refractivity contribution in [2.45, 2.75) is 0 Å². The molecule has 2 nitrogen and oxygen atoms in total. The molecule has 0 aliphatic carbocycles. The summed E-state index contributed by atoms with van der Waals surface area (Å²) < 4.78 is 0. The van der Waals surface area contributed by atoms with Crippen molar-refractivity contribution in [1.82, 2.24) is 0 Å². The highest BCUT2D eigenvalue weighted by molar-refractivity contribution is 7.78. The zero-order chi connectivity index (χ0) is 4.71. The van der Waals surface area contributed by atoms with Gasteiger partial charge in [0.2, 0.25) is 0 Å². The van der Waals surface area contributed by atoms with Crippen molar-refractivity contribution in [1.29, 1.82) is 10.7 Å². The molecule has 0 aromatic heterocycles. The Morgan fingerprint density at radius 1 is 1.80 bits per heavy atom. The molecule has 0 atom stereocenters. The fraction of sp³-hybridized carbons (Fsp3) is 0. The van der Waals surface area contributed by atoms with Gasteiger partial charge in [-0.05, 0) is 12.2 Å². The molecule has 0 saturated carbocycles. The van der Waals surface area contributed by atoms with Crippen LogP contribution in [0.5, 0.6) is 0 Å². The zero-order valence-electron chi connectivity index (χ0n) is 2.43. The SMILES string of the molecule is C#N.N=C=S. The van der Waals surface area contributed by atoms with E-state index >= 15 is 0 Å². The molecule has 0 aromatic carbocycles. The average Bonchev–Trinajstić information content (AvgIpc) is 1.46. The quantitative estimate of drug-likeness (QED) is 0.350. The van der Waals surface area contributed by atoms with Gasteiger partial charge in [-0.1, -0.05) is 0 Å². The van der Waals surface area contributed by atoms with Crippen molar-refractivity contribution < 1.29 is 0 Å². The van der Waals surface area contributed by atoms with Crippen LogP contribution >= 0.6 is 12.2 Å². The molecular formula is C2H2N2S. The van der Waals surface area contributed by atoms with E-state index in [9.17, 15) is 0 Å². The van der Waals surface area contributed by atoms with E-state index in [2.05, 4.69) is 18.8 Å². The number of hydrogen-bond donors (Lipinski definition) is 1. The minimum absolute atomic E-state index is 1.58. The van der Waals surface area contributed by atoms with Gasteiger partial charge in [0, 0.05) is 6.57 Å². The minimum atomic E-state index is 1.58. The molecule has 0 amide bonds. The van der Waals surface area contributed by atoms with Crippen LogP contribution in [-0.4, -0.2) is 5.16 Å². The molecule has 0 spiro atoms. The van der Waals surface area contributed by atoms with Crippen molar-refractivity contribution in [3.8, 4) is 6.57 Å². The van der Waals surface area contributed by atoms with Gasteiger partial charge in [0.05, 0.1) is 5.16 Å². The van der Waals surface area contributed by atoms with E-state index in [0.717, 1.165) is 0 Å². The van der Waals surface area contributed by atoms with Crippen LogP contribution in [0.25, 0.3) is 0 Å². The summed E-state index contributed by atoms with van der Waals surface area (Å²) in [5, 5.41) is 13.9. The van der Waals surface area contributed by atoms with E-state index in [0.29, 0.717) is 0 Å². The molecule has 1 N–H and O–H groups in total. The van der Waals surface area contributed by atoms with Gasteiger partial charge < -0.3 is 0 Å². The third kappa shape index (κ3) is 10.9. The Hall–Kier alpha value is -0.710. The van der Waals surface area contributed by atoms with Crippen LogP contribution in [0.1, 0.15) is 0 Å². The van der Waals surface area contributed by atoms with Crippen LogP contribution in [0, 0.1) is 17.2 Å². The maximum atomic E-state index is 6.50. The largest absolute Gasteiger partial charge is 0.248 e. The lowest BCUT2D eigenvalue weighted by atomic mass is 11.8. The normalized spacial score (nSPS) is 2.00. The standard InChI is InChI=1S/CHNS.CHN/c2-1-3;1-2/h2H;1H. The first-order valence-electron chi connectivity index (χ1n) is 0.712. The van der Waals surface area contributed by atoms with Crippen molar-refractivity contribution in [2.24, 2.45) is 0 Å². The molecule has 5 heavy (non-hydrogen) atoms. The Morgan fingerprint density at radius 3 is 1.80 bits per heavy atom. The summed E-state index contributed by atoms with van der Waals surface area (Å²) in [6, 6.07) is 0. The highest BCUT2D eigenvalue weighted by Crippen LogP contribution is 1.16.